The first kappa shape index (κ1) is 16.3. The summed E-state index contributed by atoms with van der Waals surface area (Å²) in [6, 6.07) is 0. The molecule has 1 unspecified atom stereocenters. The number of aromatic nitrogens is 2. The molecular formula is C10H19ClN4OS. The monoisotopic (exact) mass is 278 g/mol. The molecule has 3 N–H and O–H groups in total. The van der Waals surface area contributed by atoms with E-state index in [0.717, 1.165) is 18.0 Å². The first-order chi connectivity index (χ1) is 7.47. The fourth-order valence-electron chi connectivity index (χ4n) is 1.69. The van der Waals surface area contributed by atoms with Crippen LogP contribution in [0.5, 0.6) is 0 Å². The number of carbonyl (C=O) groups is 1. The number of hydrogen-bond donors (Lipinski definition) is 2. The van der Waals surface area contributed by atoms with E-state index in [0.29, 0.717) is 18.2 Å². The first-order valence-corrected chi connectivity index (χ1v) is 6.10. The highest BCUT2D eigenvalue weighted by molar-refractivity contribution is 7.03. The molecule has 7 heteroatoms. The van der Waals surface area contributed by atoms with Gasteiger partial charge in [-0.05, 0) is 30.8 Å². The van der Waals surface area contributed by atoms with Crippen molar-refractivity contribution in [2.75, 3.05) is 6.54 Å². The van der Waals surface area contributed by atoms with Gasteiger partial charge in [-0.1, -0.05) is 18.3 Å². The van der Waals surface area contributed by atoms with Gasteiger partial charge in [-0.25, -0.2) is 0 Å². The van der Waals surface area contributed by atoms with E-state index in [4.69, 9.17) is 5.73 Å². The molecule has 1 atom stereocenters. The van der Waals surface area contributed by atoms with Gasteiger partial charge in [0, 0.05) is 11.9 Å². The minimum Gasteiger partial charge on any atom is -0.344 e. The predicted molar refractivity (Wildman–Crippen MR) is 71.5 cm³/mol. The average Bonchev–Trinajstić information content (AvgIpc) is 2.69. The lowest BCUT2D eigenvalue weighted by Gasteiger charge is -2.30. The summed E-state index contributed by atoms with van der Waals surface area (Å²) < 4.78 is 3.66. The molecule has 5 nitrogen and oxygen atoms in total. The summed E-state index contributed by atoms with van der Waals surface area (Å²) in [6.07, 6.45) is 0.840. The van der Waals surface area contributed by atoms with Crippen molar-refractivity contribution in [3.63, 3.8) is 0 Å². The van der Waals surface area contributed by atoms with Crippen LogP contribution in [0.1, 0.15) is 37.7 Å². The maximum atomic E-state index is 11.8. The highest BCUT2D eigenvalue weighted by Crippen LogP contribution is 2.15. The Morgan fingerprint density at radius 1 is 1.65 bits per heavy atom. The lowest BCUT2D eigenvalue weighted by Crippen LogP contribution is -2.52. The number of nitrogens with one attached hydrogen (secondary N) is 1. The summed E-state index contributed by atoms with van der Waals surface area (Å²) in [5, 5.41) is 8.27. The van der Waals surface area contributed by atoms with Gasteiger partial charge in [0.05, 0.1) is 5.54 Å². The molecule has 0 spiro atoms. The van der Waals surface area contributed by atoms with Crippen molar-refractivity contribution in [3.8, 4) is 0 Å². The summed E-state index contributed by atoms with van der Waals surface area (Å²) >= 11 is 1.16. The summed E-state index contributed by atoms with van der Waals surface area (Å²) in [7, 11) is 0. The highest BCUT2D eigenvalue weighted by atomic mass is 35.5. The van der Waals surface area contributed by atoms with Crippen LogP contribution in [0.2, 0.25) is 0 Å². The largest absolute Gasteiger partial charge is 0.344 e. The van der Waals surface area contributed by atoms with Crippen molar-refractivity contribution >= 4 is 29.8 Å². The zero-order chi connectivity index (χ0) is 12.2. The van der Waals surface area contributed by atoms with Crippen molar-refractivity contribution in [2.45, 2.75) is 32.7 Å². The minimum absolute atomic E-state index is 0. The molecule has 1 aromatic rings. The molecule has 0 fully saturated rings. The van der Waals surface area contributed by atoms with Crippen LogP contribution in [-0.4, -0.2) is 27.6 Å². The standard InChI is InChI=1S/C10H18N4OS.ClH/c1-7(2)4-10(3,6-11)12-9(15)8-5-16-14-13-8;/h5,7H,4,6,11H2,1-3H3,(H,12,15);1H. The van der Waals surface area contributed by atoms with Crippen molar-refractivity contribution in [3.05, 3.63) is 11.1 Å². The molecule has 0 aromatic carbocycles. The van der Waals surface area contributed by atoms with Gasteiger partial charge in [0.15, 0.2) is 5.69 Å². The second kappa shape index (κ2) is 6.88. The van der Waals surface area contributed by atoms with Crippen LogP contribution in [0.3, 0.4) is 0 Å². The molecule has 1 rings (SSSR count). The number of halogens is 1. The van der Waals surface area contributed by atoms with Crippen LogP contribution in [-0.2, 0) is 0 Å². The summed E-state index contributed by atoms with van der Waals surface area (Å²) in [5.74, 6) is 0.268. The average molecular weight is 279 g/mol. The second-order valence-electron chi connectivity index (χ2n) is 4.61. The van der Waals surface area contributed by atoms with Gasteiger partial charge < -0.3 is 11.1 Å². The van der Waals surface area contributed by atoms with E-state index in [1.807, 2.05) is 6.92 Å². The van der Waals surface area contributed by atoms with Gasteiger partial charge in [0.1, 0.15) is 0 Å². The maximum Gasteiger partial charge on any atom is 0.273 e. The first-order valence-electron chi connectivity index (χ1n) is 5.26. The number of carbonyl (C=O) groups excluding carboxylic acids is 1. The quantitative estimate of drug-likeness (QED) is 0.854. The van der Waals surface area contributed by atoms with Crippen LogP contribution < -0.4 is 11.1 Å². The van der Waals surface area contributed by atoms with E-state index >= 15 is 0 Å². The molecule has 0 aliphatic heterocycles. The summed E-state index contributed by atoms with van der Waals surface area (Å²) in [6.45, 7) is 6.56. The van der Waals surface area contributed by atoms with Gasteiger partial charge in [-0.3, -0.25) is 4.79 Å². The van der Waals surface area contributed by atoms with E-state index in [9.17, 15) is 4.79 Å². The van der Waals surface area contributed by atoms with Crippen LogP contribution in [0.15, 0.2) is 5.38 Å². The zero-order valence-corrected chi connectivity index (χ0v) is 11.9. The number of nitrogens with zero attached hydrogens (tertiary/aromatic N) is 2. The fraction of sp³-hybridized carbons (Fsp3) is 0.700. The fourth-order valence-corrected chi connectivity index (χ4v) is 2.12. The smallest absolute Gasteiger partial charge is 0.273 e. The topological polar surface area (TPSA) is 80.9 Å². The van der Waals surface area contributed by atoms with Crippen molar-refractivity contribution < 1.29 is 4.79 Å². The molecule has 1 amide bonds. The SMILES string of the molecule is CC(C)CC(C)(CN)NC(=O)c1csnn1.Cl. The minimum atomic E-state index is -0.380. The van der Waals surface area contributed by atoms with Gasteiger partial charge >= 0.3 is 0 Å². The van der Waals surface area contributed by atoms with Gasteiger partial charge in [-0.15, -0.1) is 17.5 Å². The van der Waals surface area contributed by atoms with Gasteiger partial charge in [0.25, 0.3) is 5.91 Å². The summed E-state index contributed by atoms with van der Waals surface area (Å²) in [5.41, 5.74) is 5.68. The number of hydrogen-bond acceptors (Lipinski definition) is 5. The van der Waals surface area contributed by atoms with Crippen LogP contribution in [0.25, 0.3) is 0 Å². The third-order valence-corrected chi connectivity index (χ3v) is 2.82. The lowest BCUT2D eigenvalue weighted by atomic mass is 9.90. The van der Waals surface area contributed by atoms with Crippen molar-refractivity contribution in [1.29, 1.82) is 0 Å². The lowest BCUT2D eigenvalue weighted by molar-refractivity contribution is 0.0893. The number of rotatable bonds is 5. The molecule has 1 heterocycles. The number of amides is 1. The molecular weight excluding hydrogens is 260 g/mol. The van der Waals surface area contributed by atoms with E-state index < -0.39 is 0 Å². The van der Waals surface area contributed by atoms with Gasteiger partial charge in [0.2, 0.25) is 0 Å². The van der Waals surface area contributed by atoms with Crippen molar-refractivity contribution in [1.82, 2.24) is 14.9 Å². The number of nitrogens with two attached hydrogens (primary N) is 1. The van der Waals surface area contributed by atoms with E-state index in [2.05, 4.69) is 28.8 Å². The van der Waals surface area contributed by atoms with Crippen LogP contribution in [0, 0.1) is 5.92 Å². The van der Waals surface area contributed by atoms with Crippen molar-refractivity contribution in [2.24, 2.45) is 11.7 Å². The third kappa shape index (κ3) is 4.97. The molecule has 0 aliphatic rings. The predicted octanol–water partition coefficient (Wildman–Crippen LogP) is 1.45. The molecule has 0 saturated carbocycles. The van der Waals surface area contributed by atoms with E-state index in [1.54, 1.807) is 5.38 Å². The van der Waals surface area contributed by atoms with Gasteiger partial charge in [-0.2, -0.15) is 0 Å². The molecule has 17 heavy (non-hydrogen) atoms. The Morgan fingerprint density at radius 3 is 2.71 bits per heavy atom. The Bertz CT molecular complexity index is 344. The molecule has 98 valence electrons. The molecule has 0 bridgehead atoms. The molecule has 0 saturated heterocycles. The molecule has 0 radical (unpaired) electrons. The molecule has 0 aliphatic carbocycles. The van der Waals surface area contributed by atoms with Crippen LogP contribution >= 0.6 is 23.9 Å². The summed E-state index contributed by atoms with van der Waals surface area (Å²) in [4.78, 5) is 11.8. The Hall–Kier alpha value is -0.720. The Labute approximate surface area is 112 Å². The Morgan fingerprint density at radius 2 is 2.29 bits per heavy atom. The normalized spacial score (nSPS) is 13.9. The van der Waals surface area contributed by atoms with Crippen LogP contribution in [0.4, 0.5) is 0 Å². The zero-order valence-electron chi connectivity index (χ0n) is 10.3. The molecule has 1 aromatic heterocycles. The maximum absolute atomic E-state index is 11.8. The Balaban J connectivity index is 0.00000256. The Kier molecular flexibility index (Phi) is 6.59. The van der Waals surface area contributed by atoms with E-state index in [1.165, 1.54) is 0 Å². The highest BCUT2D eigenvalue weighted by Gasteiger charge is 2.27. The van der Waals surface area contributed by atoms with E-state index in [-0.39, 0.29) is 23.9 Å². The second-order valence-corrected chi connectivity index (χ2v) is 5.22. The third-order valence-electron chi connectivity index (χ3n) is 2.32.